The summed E-state index contributed by atoms with van der Waals surface area (Å²) in [6, 6.07) is 8.89. The number of hydrogen-bond donors (Lipinski definition) is 1. The summed E-state index contributed by atoms with van der Waals surface area (Å²) < 4.78 is 17.6. The standard InChI is InChI=1S/C17H15N3O4/c1-10-15(20-7-3-4-13(22-2)16(20)18-10)17(21)19-11-5-6-12-14(8-11)24-9-23-12/h3-8H,9H2,1-2H3,(H,19,21). The number of nitrogens with zero attached hydrogens (tertiary/aromatic N) is 2. The Morgan fingerprint density at radius 3 is 2.96 bits per heavy atom. The SMILES string of the molecule is COc1cccn2c(C(=O)Nc3ccc4c(c3)OCO4)c(C)nc12. The normalized spacial score (nSPS) is 12.4. The van der Waals surface area contributed by atoms with Gasteiger partial charge in [-0.2, -0.15) is 0 Å². The van der Waals surface area contributed by atoms with Gasteiger partial charge in [0.1, 0.15) is 5.69 Å². The minimum Gasteiger partial charge on any atom is -0.493 e. The summed E-state index contributed by atoms with van der Waals surface area (Å²) in [6.45, 7) is 1.99. The minimum absolute atomic E-state index is 0.193. The number of anilines is 1. The average molecular weight is 325 g/mol. The van der Waals surface area contributed by atoms with Gasteiger partial charge in [0.2, 0.25) is 6.79 Å². The van der Waals surface area contributed by atoms with Crippen molar-refractivity contribution in [2.75, 3.05) is 19.2 Å². The molecule has 2 aromatic heterocycles. The van der Waals surface area contributed by atoms with Crippen LogP contribution in [0, 0.1) is 6.92 Å². The number of hydrogen-bond acceptors (Lipinski definition) is 5. The maximum atomic E-state index is 12.7. The maximum absolute atomic E-state index is 12.7. The van der Waals surface area contributed by atoms with E-state index in [4.69, 9.17) is 14.2 Å². The summed E-state index contributed by atoms with van der Waals surface area (Å²) in [5.41, 5.74) is 2.31. The van der Waals surface area contributed by atoms with Gasteiger partial charge in [-0.05, 0) is 31.2 Å². The second-order valence-electron chi connectivity index (χ2n) is 5.34. The summed E-state index contributed by atoms with van der Waals surface area (Å²) in [6.07, 6.45) is 1.78. The molecule has 0 bridgehead atoms. The van der Waals surface area contributed by atoms with Gasteiger partial charge in [-0.25, -0.2) is 4.98 Å². The highest BCUT2D eigenvalue weighted by molar-refractivity contribution is 6.04. The van der Waals surface area contributed by atoms with Crippen molar-refractivity contribution in [1.29, 1.82) is 0 Å². The third kappa shape index (κ3) is 2.21. The molecule has 7 nitrogen and oxygen atoms in total. The topological polar surface area (TPSA) is 74.1 Å². The molecule has 0 aliphatic carbocycles. The molecule has 7 heteroatoms. The number of rotatable bonds is 3. The first kappa shape index (κ1) is 14.4. The Morgan fingerprint density at radius 2 is 2.12 bits per heavy atom. The second kappa shape index (κ2) is 5.45. The second-order valence-corrected chi connectivity index (χ2v) is 5.34. The first-order valence-corrected chi connectivity index (χ1v) is 7.40. The van der Waals surface area contributed by atoms with E-state index in [-0.39, 0.29) is 12.7 Å². The van der Waals surface area contributed by atoms with Crippen molar-refractivity contribution in [2.45, 2.75) is 6.92 Å². The van der Waals surface area contributed by atoms with E-state index in [0.717, 1.165) is 0 Å². The summed E-state index contributed by atoms with van der Waals surface area (Å²) in [4.78, 5) is 17.2. The van der Waals surface area contributed by atoms with E-state index < -0.39 is 0 Å². The van der Waals surface area contributed by atoms with Crippen LogP contribution in [0.2, 0.25) is 0 Å². The van der Waals surface area contributed by atoms with Crippen molar-refractivity contribution in [3.8, 4) is 17.2 Å². The van der Waals surface area contributed by atoms with Gasteiger partial charge < -0.3 is 19.5 Å². The van der Waals surface area contributed by atoms with Gasteiger partial charge in [-0.3, -0.25) is 9.20 Å². The van der Waals surface area contributed by atoms with Gasteiger partial charge in [0, 0.05) is 18.0 Å². The smallest absolute Gasteiger partial charge is 0.274 e. The van der Waals surface area contributed by atoms with Crippen LogP contribution in [0.1, 0.15) is 16.2 Å². The number of amides is 1. The van der Waals surface area contributed by atoms with E-state index in [1.165, 1.54) is 0 Å². The van der Waals surface area contributed by atoms with Gasteiger partial charge >= 0.3 is 0 Å². The molecule has 24 heavy (non-hydrogen) atoms. The van der Waals surface area contributed by atoms with E-state index in [1.54, 1.807) is 48.9 Å². The molecule has 3 heterocycles. The van der Waals surface area contributed by atoms with Crippen LogP contribution in [-0.2, 0) is 0 Å². The van der Waals surface area contributed by atoms with Crippen molar-refractivity contribution < 1.29 is 19.0 Å². The van der Waals surface area contributed by atoms with Gasteiger partial charge in [-0.1, -0.05) is 0 Å². The summed E-state index contributed by atoms with van der Waals surface area (Å²) >= 11 is 0. The van der Waals surface area contributed by atoms with E-state index in [9.17, 15) is 4.79 Å². The van der Waals surface area contributed by atoms with Crippen LogP contribution in [-0.4, -0.2) is 29.2 Å². The Balaban J connectivity index is 1.70. The highest BCUT2D eigenvalue weighted by Crippen LogP contribution is 2.34. The zero-order valence-corrected chi connectivity index (χ0v) is 13.2. The van der Waals surface area contributed by atoms with Crippen LogP contribution >= 0.6 is 0 Å². The lowest BCUT2D eigenvalue weighted by Gasteiger charge is -2.07. The average Bonchev–Trinajstić information content (AvgIpc) is 3.16. The number of nitrogens with one attached hydrogen (secondary N) is 1. The number of carbonyl (C=O) groups is 1. The Kier molecular flexibility index (Phi) is 3.26. The predicted molar refractivity (Wildman–Crippen MR) is 87.0 cm³/mol. The van der Waals surface area contributed by atoms with Crippen molar-refractivity contribution >= 4 is 17.2 Å². The molecule has 0 fully saturated rings. The third-order valence-corrected chi connectivity index (χ3v) is 3.85. The van der Waals surface area contributed by atoms with Gasteiger partial charge in [0.05, 0.1) is 12.8 Å². The zero-order chi connectivity index (χ0) is 16.7. The maximum Gasteiger partial charge on any atom is 0.274 e. The molecule has 1 aliphatic heterocycles. The molecule has 0 unspecified atom stereocenters. The van der Waals surface area contributed by atoms with Crippen LogP contribution < -0.4 is 19.5 Å². The van der Waals surface area contributed by atoms with Crippen molar-refractivity contribution in [2.24, 2.45) is 0 Å². The van der Waals surface area contributed by atoms with Crippen LogP contribution in [0.3, 0.4) is 0 Å². The third-order valence-electron chi connectivity index (χ3n) is 3.85. The summed E-state index contributed by atoms with van der Waals surface area (Å²) in [7, 11) is 1.58. The first-order chi connectivity index (χ1) is 11.7. The minimum atomic E-state index is -0.257. The molecule has 1 amide bonds. The Labute approximate surface area is 137 Å². The van der Waals surface area contributed by atoms with Crippen LogP contribution in [0.25, 0.3) is 5.65 Å². The number of pyridine rings is 1. The highest BCUT2D eigenvalue weighted by Gasteiger charge is 2.20. The zero-order valence-electron chi connectivity index (χ0n) is 13.2. The molecule has 0 radical (unpaired) electrons. The fraction of sp³-hybridized carbons (Fsp3) is 0.176. The molecule has 1 aromatic carbocycles. The highest BCUT2D eigenvalue weighted by atomic mass is 16.7. The first-order valence-electron chi connectivity index (χ1n) is 7.40. The molecule has 3 aromatic rings. The summed E-state index contributed by atoms with van der Waals surface area (Å²) in [5, 5.41) is 2.87. The molecule has 4 rings (SSSR count). The van der Waals surface area contributed by atoms with E-state index in [0.29, 0.717) is 40.0 Å². The van der Waals surface area contributed by atoms with Crippen molar-refractivity contribution in [1.82, 2.24) is 9.38 Å². The number of fused-ring (bicyclic) bond motifs is 2. The monoisotopic (exact) mass is 325 g/mol. The Bertz CT molecular complexity index is 948. The van der Waals surface area contributed by atoms with Crippen molar-refractivity contribution in [3.63, 3.8) is 0 Å². The van der Waals surface area contributed by atoms with Gasteiger partial charge in [0.15, 0.2) is 22.9 Å². The molecule has 1 N–H and O–H groups in total. The lowest BCUT2D eigenvalue weighted by atomic mass is 10.2. The van der Waals surface area contributed by atoms with E-state index in [2.05, 4.69) is 10.3 Å². The number of aromatic nitrogens is 2. The van der Waals surface area contributed by atoms with Crippen LogP contribution in [0.15, 0.2) is 36.5 Å². The Hall–Kier alpha value is -3.22. The molecular formula is C17H15N3O4. The molecule has 0 saturated carbocycles. The number of aryl methyl sites for hydroxylation is 1. The van der Waals surface area contributed by atoms with E-state index >= 15 is 0 Å². The number of benzene rings is 1. The largest absolute Gasteiger partial charge is 0.493 e. The number of ether oxygens (including phenoxy) is 3. The molecule has 0 atom stereocenters. The van der Waals surface area contributed by atoms with Crippen LogP contribution in [0.5, 0.6) is 17.2 Å². The van der Waals surface area contributed by atoms with Crippen LogP contribution in [0.4, 0.5) is 5.69 Å². The lowest BCUT2D eigenvalue weighted by Crippen LogP contribution is -2.15. The van der Waals surface area contributed by atoms with Gasteiger partial charge in [-0.15, -0.1) is 0 Å². The molecule has 0 saturated heterocycles. The number of carbonyl (C=O) groups excluding carboxylic acids is 1. The van der Waals surface area contributed by atoms with Gasteiger partial charge in [0.25, 0.3) is 5.91 Å². The van der Waals surface area contributed by atoms with Crippen molar-refractivity contribution in [3.05, 3.63) is 47.9 Å². The molecular weight excluding hydrogens is 310 g/mol. The Morgan fingerprint density at radius 1 is 1.29 bits per heavy atom. The summed E-state index contributed by atoms with van der Waals surface area (Å²) in [5.74, 6) is 1.64. The predicted octanol–water partition coefficient (Wildman–Crippen LogP) is 2.63. The van der Waals surface area contributed by atoms with E-state index in [1.807, 2.05) is 6.07 Å². The quantitative estimate of drug-likeness (QED) is 0.801. The number of imidazole rings is 1. The fourth-order valence-corrected chi connectivity index (χ4v) is 2.75. The molecule has 122 valence electrons. The molecule has 1 aliphatic rings. The fourth-order valence-electron chi connectivity index (χ4n) is 2.75. The number of methoxy groups -OCH3 is 1. The lowest BCUT2D eigenvalue weighted by molar-refractivity contribution is 0.102. The molecule has 0 spiro atoms.